The van der Waals surface area contributed by atoms with E-state index in [9.17, 15) is 50.2 Å². The Bertz CT molecular complexity index is 1700. The number of amides is 2. The Hall–Kier alpha value is -4.41. The number of hydrogen-bond acceptors (Lipinski definition) is 7. The molecule has 1 N–H and O–H groups in total. The quantitative estimate of drug-likeness (QED) is 0.206. The Morgan fingerprint density at radius 3 is 2.46 bits per heavy atom. The molecule has 3 aromatic rings. The Morgan fingerprint density at radius 1 is 1.06 bits per heavy atom. The number of fused-ring (bicyclic) bond motifs is 1. The number of carbonyl (C=O) groups is 3. The average Bonchev–Trinajstić information content (AvgIpc) is 3.49. The summed E-state index contributed by atoms with van der Waals surface area (Å²) in [5.41, 5.74) is -3.73. The average molecular weight is 704 g/mol. The van der Waals surface area contributed by atoms with Crippen molar-refractivity contribution in [1.29, 1.82) is 0 Å². The van der Waals surface area contributed by atoms with Gasteiger partial charge in [-0.25, -0.2) is 9.18 Å². The van der Waals surface area contributed by atoms with Crippen molar-refractivity contribution >= 4 is 29.3 Å². The predicted molar refractivity (Wildman–Crippen MR) is 154 cm³/mol. The molecule has 0 unspecified atom stereocenters. The van der Waals surface area contributed by atoms with Crippen LogP contribution in [0.3, 0.4) is 0 Å². The van der Waals surface area contributed by atoms with E-state index in [0.717, 1.165) is 39.6 Å². The summed E-state index contributed by atoms with van der Waals surface area (Å²) in [6, 6.07) is 4.66. The van der Waals surface area contributed by atoms with Crippen molar-refractivity contribution in [2.24, 2.45) is 0 Å². The van der Waals surface area contributed by atoms with E-state index in [1.165, 1.54) is 6.07 Å². The third-order valence-electron chi connectivity index (χ3n) is 8.27. The van der Waals surface area contributed by atoms with Gasteiger partial charge in [0.2, 0.25) is 5.60 Å². The standard InChI is InChI=1S/C31H28F7N3O6S/c1-2-5-22-29(47-20-14-23(48-16-20)31(36,37)38,9-4-11-40(22)26(42)25-21(30(33,34)35)6-3-10-39-25)27(43)41-15-17-7-8-19(32)12-18(17)13-24(41)46-28(44)45/h3,6-8,10,12,14,16,22,24H,2,4-5,9,11,13,15H2,1H3,(H,44,45)/t22-,24-,29+/m1/s1. The highest BCUT2D eigenvalue weighted by Gasteiger charge is 2.57. The van der Waals surface area contributed by atoms with Crippen molar-refractivity contribution in [1.82, 2.24) is 14.8 Å². The van der Waals surface area contributed by atoms with Crippen LogP contribution in [0.4, 0.5) is 35.5 Å². The molecule has 0 radical (unpaired) electrons. The smallest absolute Gasteiger partial charge is 0.474 e. The largest absolute Gasteiger partial charge is 0.507 e. The van der Waals surface area contributed by atoms with Gasteiger partial charge in [-0.05, 0) is 48.2 Å². The third-order valence-corrected chi connectivity index (χ3v) is 9.22. The van der Waals surface area contributed by atoms with Gasteiger partial charge in [-0.15, -0.1) is 11.3 Å². The van der Waals surface area contributed by atoms with Crippen LogP contribution in [0.15, 0.2) is 48.0 Å². The van der Waals surface area contributed by atoms with Crippen molar-refractivity contribution in [3.63, 3.8) is 0 Å². The molecule has 0 spiro atoms. The fourth-order valence-corrected chi connectivity index (χ4v) is 6.94. The predicted octanol–water partition coefficient (Wildman–Crippen LogP) is 7.15. The highest BCUT2D eigenvalue weighted by Crippen LogP contribution is 2.43. The molecular formula is C31H28F7N3O6S. The zero-order chi connectivity index (χ0) is 35.0. The number of halogens is 7. The van der Waals surface area contributed by atoms with Crippen LogP contribution < -0.4 is 4.74 Å². The van der Waals surface area contributed by atoms with E-state index < -0.39 is 70.1 Å². The van der Waals surface area contributed by atoms with E-state index in [1.807, 2.05) is 0 Å². The molecule has 1 fully saturated rings. The number of likely N-dealkylation sites (tertiary alicyclic amines) is 1. The van der Waals surface area contributed by atoms with Gasteiger partial charge in [0.15, 0.2) is 6.23 Å². The lowest BCUT2D eigenvalue weighted by atomic mass is 9.79. The lowest BCUT2D eigenvalue weighted by molar-refractivity contribution is -0.172. The number of thiophene rings is 1. The molecule has 3 atom stereocenters. The van der Waals surface area contributed by atoms with Crippen LogP contribution in [0.25, 0.3) is 0 Å². The summed E-state index contributed by atoms with van der Waals surface area (Å²) < 4.78 is 108. The first-order valence-electron chi connectivity index (χ1n) is 14.7. The molecule has 4 heterocycles. The van der Waals surface area contributed by atoms with E-state index in [4.69, 9.17) is 9.47 Å². The number of benzene rings is 1. The summed E-state index contributed by atoms with van der Waals surface area (Å²) in [4.78, 5) is 45.2. The van der Waals surface area contributed by atoms with E-state index in [0.29, 0.717) is 23.3 Å². The monoisotopic (exact) mass is 703 g/mol. The normalized spacial score (nSPS) is 21.4. The van der Waals surface area contributed by atoms with E-state index in [-0.39, 0.29) is 62.3 Å². The minimum Gasteiger partial charge on any atom is -0.474 e. The van der Waals surface area contributed by atoms with E-state index in [2.05, 4.69) is 4.98 Å². The van der Waals surface area contributed by atoms with Crippen molar-refractivity contribution in [3.8, 4) is 5.75 Å². The maximum atomic E-state index is 14.9. The molecule has 48 heavy (non-hydrogen) atoms. The van der Waals surface area contributed by atoms with Crippen LogP contribution in [0.1, 0.15) is 64.7 Å². The van der Waals surface area contributed by atoms with Gasteiger partial charge in [0.05, 0.1) is 11.6 Å². The Morgan fingerprint density at radius 2 is 1.81 bits per heavy atom. The Labute approximate surface area is 272 Å². The number of alkyl halides is 6. The number of carbonyl (C=O) groups excluding carboxylic acids is 2. The molecule has 1 aromatic carbocycles. The Balaban J connectivity index is 1.65. The SMILES string of the molecule is CCC[C@H]1N(C(=O)c2ncccc2C(F)(F)F)CCC[C@@]1(Oc1csc(C(F)(F)F)c1)C(=O)N1Cc2ccc(F)cc2C[C@H]1OC(=O)O. The molecule has 2 aliphatic heterocycles. The van der Waals surface area contributed by atoms with Gasteiger partial charge in [0.1, 0.15) is 22.1 Å². The van der Waals surface area contributed by atoms with Gasteiger partial charge in [0.25, 0.3) is 11.8 Å². The number of rotatable bonds is 7. The fourth-order valence-electron chi connectivity index (χ4n) is 6.27. The first-order chi connectivity index (χ1) is 22.5. The number of aromatic nitrogens is 1. The molecule has 258 valence electrons. The van der Waals surface area contributed by atoms with Gasteiger partial charge >= 0.3 is 18.5 Å². The second kappa shape index (κ2) is 13.2. The molecule has 2 amide bonds. The molecule has 9 nitrogen and oxygen atoms in total. The summed E-state index contributed by atoms with van der Waals surface area (Å²) in [6.07, 6.45) is -12.4. The van der Waals surface area contributed by atoms with Crippen LogP contribution in [0, 0.1) is 5.82 Å². The summed E-state index contributed by atoms with van der Waals surface area (Å²) in [5, 5.41) is 10.5. The molecule has 0 aliphatic carbocycles. The number of hydrogen-bond donors (Lipinski definition) is 1. The molecule has 2 aromatic heterocycles. The van der Waals surface area contributed by atoms with Crippen molar-refractivity contribution in [2.75, 3.05) is 6.54 Å². The lowest BCUT2D eigenvalue weighted by Gasteiger charge is -2.51. The molecule has 0 saturated carbocycles. The minimum absolute atomic E-state index is 0.0394. The highest BCUT2D eigenvalue weighted by atomic mass is 32.1. The van der Waals surface area contributed by atoms with Gasteiger partial charge in [-0.2, -0.15) is 26.3 Å². The number of carboxylic acid groups (broad SMARTS) is 1. The number of nitrogens with zero attached hydrogens (tertiary/aromatic N) is 3. The molecule has 0 bridgehead atoms. The number of piperidine rings is 1. The van der Waals surface area contributed by atoms with Gasteiger partial charge in [0, 0.05) is 43.6 Å². The molecule has 2 aliphatic rings. The third kappa shape index (κ3) is 6.91. The first kappa shape index (κ1) is 34.9. The van der Waals surface area contributed by atoms with Gasteiger partial charge in [-0.3, -0.25) is 19.5 Å². The topological polar surface area (TPSA) is 109 Å². The van der Waals surface area contributed by atoms with Crippen molar-refractivity contribution < 1.29 is 59.7 Å². The first-order valence-corrected chi connectivity index (χ1v) is 15.6. The fraction of sp³-hybridized carbons (Fsp3) is 0.419. The zero-order valence-corrected chi connectivity index (χ0v) is 25.9. The summed E-state index contributed by atoms with van der Waals surface area (Å²) >= 11 is 0.287. The minimum atomic E-state index is -4.97. The Kier molecular flexibility index (Phi) is 9.63. The summed E-state index contributed by atoms with van der Waals surface area (Å²) in [6.45, 7) is 1.19. The van der Waals surface area contributed by atoms with Gasteiger partial charge < -0.3 is 19.5 Å². The van der Waals surface area contributed by atoms with Crippen LogP contribution >= 0.6 is 11.3 Å². The van der Waals surface area contributed by atoms with Crippen molar-refractivity contribution in [3.05, 3.63) is 81.1 Å². The summed E-state index contributed by atoms with van der Waals surface area (Å²) in [5.74, 6) is -3.17. The van der Waals surface area contributed by atoms with Crippen LogP contribution in [0.5, 0.6) is 5.75 Å². The molecule has 17 heteroatoms. The second-order valence-corrected chi connectivity index (χ2v) is 12.2. The van der Waals surface area contributed by atoms with E-state index in [1.54, 1.807) is 6.92 Å². The number of pyridine rings is 1. The molecule has 1 saturated heterocycles. The highest BCUT2D eigenvalue weighted by molar-refractivity contribution is 7.10. The molecule has 5 rings (SSSR count). The lowest BCUT2D eigenvalue weighted by Crippen LogP contribution is -2.69. The zero-order valence-electron chi connectivity index (χ0n) is 25.1. The number of ether oxygens (including phenoxy) is 2. The maximum Gasteiger partial charge on any atom is 0.507 e. The van der Waals surface area contributed by atoms with Crippen LogP contribution in [0.2, 0.25) is 0 Å². The van der Waals surface area contributed by atoms with E-state index >= 15 is 0 Å². The second-order valence-electron chi connectivity index (χ2n) is 11.3. The van der Waals surface area contributed by atoms with Crippen molar-refractivity contribution in [2.45, 2.75) is 75.8 Å². The van der Waals surface area contributed by atoms with Gasteiger partial charge in [-0.1, -0.05) is 19.4 Å². The maximum absolute atomic E-state index is 14.9. The summed E-state index contributed by atoms with van der Waals surface area (Å²) in [7, 11) is 0. The van der Waals surface area contributed by atoms with Crippen LogP contribution in [-0.2, 0) is 34.8 Å². The van der Waals surface area contributed by atoms with Crippen LogP contribution in [-0.4, -0.2) is 62.3 Å². The molecular weight excluding hydrogens is 675 g/mol.